The summed E-state index contributed by atoms with van der Waals surface area (Å²) in [7, 11) is 3.36. The Labute approximate surface area is 132 Å². The molecule has 2 unspecified atom stereocenters. The van der Waals surface area contributed by atoms with Gasteiger partial charge < -0.3 is 19.1 Å². The predicted octanol–water partition coefficient (Wildman–Crippen LogP) is 2.09. The van der Waals surface area contributed by atoms with E-state index < -0.39 is 0 Å². The van der Waals surface area contributed by atoms with Gasteiger partial charge in [0, 0.05) is 43.3 Å². The van der Waals surface area contributed by atoms with Gasteiger partial charge in [-0.1, -0.05) is 13.8 Å². The molecular weight excluding hydrogens is 314 g/mol. The van der Waals surface area contributed by atoms with Crippen LogP contribution in [-0.4, -0.2) is 59.2 Å². The van der Waals surface area contributed by atoms with Crippen molar-refractivity contribution in [1.29, 1.82) is 0 Å². The highest BCUT2D eigenvalue weighted by Gasteiger charge is 2.29. The molecule has 0 bridgehead atoms. The van der Waals surface area contributed by atoms with Crippen LogP contribution in [0.5, 0.6) is 5.19 Å². The molecule has 1 amide bonds. The van der Waals surface area contributed by atoms with Gasteiger partial charge in [-0.15, -0.1) is 0 Å². The molecule has 2 heterocycles. The molecule has 1 aliphatic heterocycles. The number of thioether (sulfide) groups is 1. The molecule has 0 aliphatic carbocycles. The summed E-state index contributed by atoms with van der Waals surface area (Å²) in [5.41, 5.74) is 0. The zero-order valence-corrected chi connectivity index (χ0v) is 14.1. The van der Waals surface area contributed by atoms with Crippen molar-refractivity contribution in [1.82, 2.24) is 14.3 Å². The lowest BCUT2D eigenvalue weighted by molar-refractivity contribution is -0.0915. The first-order chi connectivity index (χ1) is 9.95. The van der Waals surface area contributed by atoms with Crippen LogP contribution in [0, 0.1) is 5.92 Å². The molecule has 2 rings (SSSR count). The number of amides is 1. The molecule has 0 spiro atoms. The fourth-order valence-electron chi connectivity index (χ4n) is 1.54. The molecular formula is C12H19N3O4S2. The van der Waals surface area contributed by atoms with E-state index in [1.54, 1.807) is 14.1 Å². The number of ether oxygens (including phenoxy) is 3. The molecule has 0 radical (unpaired) electrons. The van der Waals surface area contributed by atoms with Gasteiger partial charge in [-0.2, -0.15) is 9.36 Å². The molecule has 2 atom stereocenters. The van der Waals surface area contributed by atoms with E-state index in [4.69, 9.17) is 14.2 Å². The SMILES string of the molecule is CC(C)C1OCC(COc2nc(SC(=O)N(C)C)ns2)O1. The molecule has 1 saturated heterocycles. The molecule has 9 heteroatoms. The summed E-state index contributed by atoms with van der Waals surface area (Å²) in [6, 6.07) is 0. The monoisotopic (exact) mass is 333 g/mol. The lowest BCUT2D eigenvalue weighted by Crippen LogP contribution is -2.22. The van der Waals surface area contributed by atoms with Crippen LogP contribution in [0.15, 0.2) is 5.16 Å². The van der Waals surface area contributed by atoms with Crippen molar-refractivity contribution in [2.45, 2.75) is 31.4 Å². The maximum absolute atomic E-state index is 11.5. The Balaban J connectivity index is 1.77. The molecule has 0 saturated carbocycles. The first kappa shape index (κ1) is 16.5. The second kappa shape index (κ2) is 7.39. The Morgan fingerprint density at radius 2 is 2.33 bits per heavy atom. The third-order valence-corrected chi connectivity index (χ3v) is 4.29. The van der Waals surface area contributed by atoms with Crippen LogP contribution in [0.3, 0.4) is 0 Å². The van der Waals surface area contributed by atoms with Crippen LogP contribution in [0.25, 0.3) is 0 Å². The van der Waals surface area contributed by atoms with Gasteiger partial charge >= 0.3 is 0 Å². The summed E-state index contributed by atoms with van der Waals surface area (Å²) in [6.07, 6.45) is -0.266. The minimum atomic E-state index is -0.170. The highest BCUT2D eigenvalue weighted by atomic mass is 32.2. The summed E-state index contributed by atoms with van der Waals surface area (Å²) < 4.78 is 20.8. The van der Waals surface area contributed by atoms with E-state index in [9.17, 15) is 4.79 Å². The molecule has 7 nitrogen and oxygen atoms in total. The molecule has 21 heavy (non-hydrogen) atoms. The number of nitrogens with zero attached hydrogens (tertiary/aromatic N) is 3. The van der Waals surface area contributed by atoms with Gasteiger partial charge in [0.1, 0.15) is 12.7 Å². The summed E-state index contributed by atoms with van der Waals surface area (Å²) in [6.45, 7) is 4.97. The Kier molecular flexibility index (Phi) is 5.80. The minimum Gasteiger partial charge on any atom is -0.466 e. The van der Waals surface area contributed by atoms with E-state index in [2.05, 4.69) is 9.36 Å². The fourth-order valence-corrected chi connectivity index (χ4v) is 2.77. The van der Waals surface area contributed by atoms with Crippen molar-refractivity contribution in [2.24, 2.45) is 5.92 Å². The van der Waals surface area contributed by atoms with Crippen molar-refractivity contribution in [2.75, 3.05) is 27.3 Å². The summed E-state index contributed by atoms with van der Waals surface area (Å²) in [4.78, 5) is 17.2. The van der Waals surface area contributed by atoms with Gasteiger partial charge in [-0.05, 0) is 0 Å². The molecule has 1 aliphatic rings. The van der Waals surface area contributed by atoms with E-state index in [-0.39, 0.29) is 17.6 Å². The van der Waals surface area contributed by atoms with Crippen LogP contribution >= 0.6 is 23.3 Å². The van der Waals surface area contributed by atoms with Crippen LogP contribution in [0.4, 0.5) is 4.79 Å². The normalized spacial score (nSPS) is 21.8. The smallest absolute Gasteiger partial charge is 0.294 e. The molecule has 1 aromatic heterocycles. The standard InChI is InChI=1S/C12H19N3O4S2/c1-7(2)9-17-5-8(19-9)6-18-11-13-10(14-21-11)20-12(16)15(3)4/h7-9H,5-6H2,1-4H3. The van der Waals surface area contributed by atoms with Gasteiger partial charge in [0.05, 0.1) is 6.61 Å². The van der Waals surface area contributed by atoms with Crippen LogP contribution in [0.2, 0.25) is 0 Å². The molecule has 118 valence electrons. The maximum Gasteiger partial charge on any atom is 0.294 e. The van der Waals surface area contributed by atoms with Crippen molar-refractivity contribution in [3.63, 3.8) is 0 Å². The summed E-state index contributed by atoms with van der Waals surface area (Å²) >= 11 is 2.10. The van der Waals surface area contributed by atoms with Crippen molar-refractivity contribution < 1.29 is 19.0 Å². The van der Waals surface area contributed by atoms with Gasteiger partial charge in [0.15, 0.2) is 6.29 Å². The molecule has 1 aromatic rings. The highest BCUT2D eigenvalue weighted by molar-refractivity contribution is 8.13. The van der Waals surface area contributed by atoms with Crippen molar-refractivity contribution >= 4 is 28.5 Å². The van der Waals surface area contributed by atoms with E-state index in [1.165, 1.54) is 4.90 Å². The number of rotatable bonds is 5. The first-order valence-electron chi connectivity index (χ1n) is 6.58. The Morgan fingerprint density at radius 1 is 1.57 bits per heavy atom. The van der Waals surface area contributed by atoms with Gasteiger partial charge in [-0.3, -0.25) is 4.79 Å². The minimum absolute atomic E-state index is 0.0965. The van der Waals surface area contributed by atoms with Crippen LogP contribution in [-0.2, 0) is 9.47 Å². The lowest BCUT2D eigenvalue weighted by atomic mass is 10.2. The van der Waals surface area contributed by atoms with E-state index in [1.807, 2.05) is 13.8 Å². The summed E-state index contributed by atoms with van der Waals surface area (Å²) in [5, 5.41) is 0.713. The highest BCUT2D eigenvalue weighted by Crippen LogP contribution is 2.24. The number of carbonyl (C=O) groups excluding carboxylic acids is 1. The fraction of sp³-hybridized carbons (Fsp3) is 0.750. The van der Waals surface area contributed by atoms with Crippen LogP contribution < -0.4 is 4.74 Å². The van der Waals surface area contributed by atoms with E-state index >= 15 is 0 Å². The topological polar surface area (TPSA) is 73.8 Å². The quantitative estimate of drug-likeness (QED) is 0.764. The number of hydrogen-bond donors (Lipinski definition) is 0. The molecule has 0 N–H and O–H groups in total. The van der Waals surface area contributed by atoms with E-state index in [0.717, 1.165) is 23.3 Å². The Morgan fingerprint density at radius 3 is 2.95 bits per heavy atom. The zero-order chi connectivity index (χ0) is 15.4. The average Bonchev–Trinajstić information content (AvgIpc) is 3.05. The predicted molar refractivity (Wildman–Crippen MR) is 79.8 cm³/mol. The molecule has 1 fully saturated rings. The lowest BCUT2D eigenvalue weighted by Gasteiger charge is -2.14. The third-order valence-electron chi connectivity index (χ3n) is 2.64. The maximum atomic E-state index is 11.5. The largest absolute Gasteiger partial charge is 0.466 e. The van der Waals surface area contributed by atoms with Gasteiger partial charge in [0.25, 0.3) is 10.4 Å². The Bertz CT molecular complexity index is 481. The summed E-state index contributed by atoms with van der Waals surface area (Å²) in [5.74, 6) is 0.316. The zero-order valence-electron chi connectivity index (χ0n) is 12.4. The third kappa shape index (κ3) is 4.80. The number of aromatic nitrogens is 2. The van der Waals surface area contributed by atoms with Gasteiger partial charge in [0.2, 0.25) is 5.16 Å². The first-order valence-corrected chi connectivity index (χ1v) is 8.17. The Hall–Kier alpha value is -0.900. The average molecular weight is 333 g/mol. The van der Waals surface area contributed by atoms with E-state index in [0.29, 0.717) is 29.5 Å². The van der Waals surface area contributed by atoms with Crippen molar-refractivity contribution in [3.8, 4) is 5.19 Å². The number of hydrogen-bond acceptors (Lipinski definition) is 8. The molecule has 0 aromatic carbocycles. The second-order valence-corrected chi connectivity index (χ2v) is 6.75. The second-order valence-electron chi connectivity index (χ2n) is 5.12. The number of carbonyl (C=O) groups is 1. The van der Waals surface area contributed by atoms with Crippen LogP contribution in [0.1, 0.15) is 13.8 Å². The van der Waals surface area contributed by atoms with Crippen molar-refractivity contribution in [3.05, 3.63) is 0 Å². The van der Waals surface area contributed by atoms with Gasteiger partial charge in [-0.25, -0.2) is 0 Å².